The molecule has 1 aliphatic carbocycles. The van der Waals surface area contributed by atoms with Crippen LogP contribution in [0.25, 0.3) is 0 Å². The minimum atomic E-state index is 1.19. The van der Waals surface area contributed by atoms with Gasteiger partial charge in [0.2, 0.25) is 0 Å². The van der Waals surface area contributed by atoms with Gasteiger partial charge in [-0.15, -0.1) is 0 Å². The zero-order chi connectivity index (χ0) is 9.68. The minimum absolute atomic E-state index is 1.19. The average Bonchev–Trinajstić information content (AvgIpc) is 2.11. The second kappa shape index (κ2) is 5.06. The fourth-order valence-corrected chi connectivity index (χ4v) is 1.57. The molecular formula is C13H20. The molecule has 1 rings (SSSR count). The van der Waals surface area contributed by atoms with Crippen LogP contribution in [0.2, 0.25) is 0 Å². The van der Waals surface area contributed by atoms with E-state index in [1.807, 2.05) is 0 Å². The van der Waals surface area contributed by atoms with Crippen molar-refractivity contribution in [3.8, 4) is 0 Å². The van der Waals surface area contributed by atoms with E-state index >= 15 is 0 Å². The zero-order valence-corrected chi connectivity index (χ0v) is 9.06. The van der Waals surface area contributed by atoms with Crippen LogP contribution in [0.4, 0.5) is 0 Å². The van der Waals surface area contributed by atoms with Crippen LogP contribution >= 0.6 is 0 Å². The third kappa shape index (κ3) is 3.63. The van der Waals surface area contributed by atoms with Gasteiger partial charge in [0, 0.05) is 0 Å². The highest BCUT2D eigenvalue weighted by Gasteiger charge is 1.96. The average molecular weight is 176 g/mol. The van der Waals surface area contributed by atoms with Gasteiger partial charge in [-0.1, -0.05) is 34.9 Å². The summed E-state index contributed by atoms with van der Waals surface area (Å²) in [6, 6.07) is 0. The summed E-state index contributed by atoms with van der Waals surface area (Å²) in [5.74, 6) is 0. The largest absolute Gasteiger partial charge is 0.0853 e. The Kier molecular flexibility index (Phi) is 4.01. The van der Waals surface area contributed by atoms with Crippen molar-refractivity contribution in [3.63, 3.8) is 0 Å². The summed E-state index contributed by atoms with van der Waals surface area (Å²) in [7, 11) is 0. The van der Waals surface area contributed by atoms with Crippen LogP contribution in [0.15, 0.2) is 34.9 Å². The third-order valence-corrected chi connectivity index (χ3v) is 2.72. The number of rotatable bonds is 0. The van der Waals surface area contributed by atoms with Crippen molar-refractivity contribution >= 4 is 0 Å². The van der Waals surface area contributed by atoms with Gasteiger partial charge in [-0.05, 0) is 46.5 Å². The summed E-state index contributed by atoms with van der Waals surface area (Å²) in [6.07, 6.45) is 11.9. The van der Waals surface area contributed by atoms with Crippen LogP contribution in [-0.4, -0.2) is 0 Å². The molecule has 0 aromatic heterocycles. The van der Waals surface area contributed by atoms with Crippen LogP contribution in [0.1, 0.15) is 46.5 Å². The molecule has 0 heteroatoms. The Labute approximate surface area is 82.0 Å². The Morgan fingerprint density at radius 3 is 2.00 bits per heavy atom. The molecule has 13 heavy (non-hydrogen) atoms. The van der Waals surface area contributed by atoms with Crippen LogP contribution in [-0.2, 0) is 0 Å². The first kappa shape index (κ1) is 10.3. The Hall–Kier alpha value is -0.780. The highest BCUT2D eigenvalue weighted by Crippen LogP contribution is 2.16. The van der Waals surface area contributed by atoms with Gasteiger partial charge in [0.1, 0.15) is 0 Å². The van der Waals surface area contributed by atoms with E-state index in [0.29, 0.717) is 0 Å². The van der Waals surface area contributed by atoms with Gasteiger partial charge in [0.25, 0.3) is 0 Å². The lowest BCUT2D eigenvalue weighted by Gasteiger charge is -2.05. The number of hydrogen-bond donors (Lipinski definition) is 0. The predicted molar refractivity (Wildman–Crippen MR) is 59.7 cm³/mol. The Morgan fingerprint density at radius 1 is 0.769 bits per heavy atom. The second-order valence-electron chi connectivity index (χ2n) is 3.94. The first-order chi connectivity index (χ1) is 6.20. The van der Waals surface area contributed by atoms with Gasteiger partial charge in [-0.3, -0.25) is 0 Å². The first-order valence-corrected chi connectivity index (χ1v) is 5.19. The summed E-state index contributed by atoms with van der Waals surface area (Å²) in [5, 5.41) is 0. The van der Waals surface area contributed by atoms with Crippen LogP contribution in [0, 0.1) is 0 Å². The van der Waals surface area contributed by atoms with Gasteiger partial charge in [0.15, 0.2) is 0 Å². The van der Waals surface area contributed by atoms with E-state index in [4.69, 9.17) is 0 Å². The minimum Gasteiger partial charge on any atom is -0.0853 e. The molecule has 0 aliphatic heterocycles. The summed E-state index contributed by atoms with van der Waals surface area (Å²) in [6.45, 7) is 6.66. The standard InChI is InChI=1S/C13H20/c1-11-7-4-5-9-12(2)13(3)10-6-8-11/h7,9-10H,4-6,8H2,1-3H3. The molecule has 0 heterocycles. The molecule has 1 aliphatic rings. The molecule has 0 N–H and O–H groups in total. The van der Waals surface area contributed by atoms with Gasteiger partial charge in [-0.25, -0.2) is 0 Å². The lowest BCUT2D eigenvalue weighted by atomic mass is 10.0. The van der Waals surface area contributed by atoms with Crippen molar-refractivity contribution in [1.82, 2.24) is 0 Å². The highest BCUT2D eigenvalue weighted by molar-refractivity contribution is 5.27. The molecule has 0 aromatic rings. The maximum absolute atomic E-state index is 2.37. The molecule has 0 spiro atoms. The van der Waals surface area contributed by atoms with Crippen molar-refractivity contribution in [2.75, 3.05) is 0 Å². The van der Waals surface area contributed by atoms with Crippen molar-refractivity contribution in [1.29, 1.82) is 0 Å². The van der Waals surface area contributed by atoms with Crippen LogP contribution in [0.3, 0.4) is 0 Å². The molecule has 0 radical (unpaired) electrons. The highest BCUT2D eigenvalue weighted by atomic mass is 14.0. The van der Waals surface area contributed by atoms with Crippen molar-refractivity contribution in [3.05, 3.63) is 34.9 Å². The molecule has 0 amide bonds. The molecular weight excluding hydrogens is 156 g/mol. The summed E-state index contributed by atoms with van der Waals surface area (Å²) in [4.78, 5) is 0. The second-order valence-corrected chi connectivity index (χ2v) is 3.94. The maximum Gasteiger partial charge on any atom is -0.0288 e. The molecule has 0 bridgehead atoms. The van der Waals surface area contributed by atoms with Crippen molar-refractivity contribution in [2.45, 2.75) is 46.5 Å². The normalized spacial score (nSPS) is 20.1. The van der Waals surface area contributed by atoms with E-state index in [-0.39, 0.29) is 0 Å². The fourth-order valence-electron chi connectivity index (χ4n) is 1.57. The Balaban J connectivity index is 2.72. The van der Waals surface area contributed by atoms with E-state index in [9.17, 15) is 0 Å². The molecule has 72 valence electrons. The van der Waals surface area contributed by atoms with Gasteiger partial charge >= 0.3 is 0 Å². The lowest BCUT2D eigenvalue weighted by molar-refractivity contribution is 0.925. The summed E-state index contributed by atoms with van der Waals surface area (Å²) < 4.78 is 0. The Bertz CT molecular complexity index is 251. The lowest BCUT2D eigenvalue weighted by Crippen LogP contribution is -1.85. The molecule has 0 unspecified atom stereocenters. The van der Waals surface area contributed by atoms with E-state index < -0.39 is 0 Å². The van der Waals surface area contributed by atoms with Crippen LogP contribution < -0.4 is 0 Å². The third-order valence-electron chi connectivity index (χ3n) is 2.72. The Morgan fingerprint density at radius 2 is 1.31 bits per heavy atom. The fraction of sp³-hybridized carbons (Fsp3) is 0.538. The van der Waals surface area contributed by atoms with E-state index in [2.05, 4.69) is 39.0 Å². The summed E-state index contributed by atoms with van der Waals surface area (Å²) in [5.41, 5.74) is 4.44. The van der Waals surface area contributed by atoms with E-state index in [1.54, 1.807) is 0 Å². The monoisotopic (exact) mass is 176 g/mol. The first-order valence-electron chi connectivity index (χ1n) is 5.19. The number of hydrogen-bond acceptors (Lipinski definition) is 0. The zero-order valence-electron chi connectivity index (χ0n) is 9.06. The molecule has 0 fully saturated rings. The number of allylic oxidation sites excluding steroid dienone is 6. The van der Waals surface area contributed by atoms with Gasteiger partial charge < -0.3 is 0 Å². The predicted octanol–water partition coefficient (Wildman–Crippen LogP) is 4.40. The SMILES string of the molecule is CC1=CCCC=C(C)C(C)=CCC1. The smallest absolute Gasteiger partial charge is 0.0288 e. The summed E-state index contributed by atoms with van der Waals surface area (Å²) >= 11 is 0. The van der Waals surface area contributed by atoms with Gasteiger partial charge in [0.05, 0.1) is 0 Å². The van der Waals surface area contributed by atoms with E-state index in [0.717, 1.165) is 0 Å². The van der Waals surface area contributed by atoms with Crippen molar-refractivity contribution < 1.29 is 0 Å². The van der Waals surface area contributed by atoms with Crippen molar-refractivity contribution in [2.24, 2.45) is 0 Å². The molecule has 0 nitrogen and oxygen atoms in total. The molecule has 0 saturated carbocycles. The van der Waals surface area contributed by atoms with E-state index in [1.165, 1.54) is 42.4 Å². The quantitative estimate of drug-likeness (QED) is 0.480. The molecule has 0 aromatic carbocycles. The maximum atomic E-state index is 2.37. The molecule has 0 atom stereocenters. The topological polar surface area (TPSA) is 0 Å². The van der Waals surface area contributed by atoms with Crippen LogP contribution in [0.5, 0.6) is 0 Å². The molecule has 0 saturated heterocycles. The van der Waals surface area contributed by atoms with Gasteiger partial charge in [-0.2, -0.15) is 0 Å².